The molecule has 88 valence electrons. The Labute approximate surface area is 108 Å². The lowest BCUT2D eigenvalue weighted by Gasteiger charge is -2.07. The van der Waals surface area contributed by atoms with Crippen molar-refractivity contribution in [2.45, 2.75) is 6.42 Å². The van der Waals surface area contributed by atoms with E-state index in [-0.39, 0.29) is 5.91 Å². The van der Waals surface area contributed by atoms with Crippen molar-refractivity contribution in [2.75, 3.05) is 10.6 Å². The Kier molecular flexibility index (Phi) is 3.93. The zero-order valence-corrected chi connectivity index (χ0v) is 10.7. The van der Waals surface area contributed by atoms with E-state index in [9.17, 15) is 4.79 Å². The van der Waals surface area contributed by atoms with Crippen LogP contribution in [0.25, 0.3) is 5.69 Å². The van der Waals surface area contributed by atoms with E-state index in [0.29, 0.717) is 11.8 Å². The van der Waals surface area contributed by atoms with E-state index in [1.54, 1.807) is 12.5 Å². The van der Waals surface area contributed by atoms with Crippen molar-refractivity contribution in [1.82, 2.24) is 9.55 Å². The van der Waals surface area contributed by atoms with Crippen molar-refractivity contribution in [1.29, 1.82) is 0 Å². The number of aromatic nitrogens is 2. The van der Waals surface area contributed by atoms with Gasteiger partial charge in [-0.15, -0.1) is 0 Å². The molecule has 0 aliphatic rings. The molecule has 0 saturated carbocycles. The third kappa shape index (κ3) is 3.17. The maximum atomic E-state index is 11.5. The van der Waals surface area contributed by atoms with Crippen LogP contribution in [0, 0.1) is 0 Å². The third-order valence-electron chi connectivity index (χ3n) is 2.25. The SMILES string of the molecule is O=C(CCBr)Nc1cccc(-n2ccnc2)c1. The molecule has 5 heteroatoms. The van der Waals surface area contributed by atoms with Crippen molar-refractivity contribution in [3.63, 3.8) is 0 Å². The zero-order valence-electron chi connectivity index (χ0n) is 9.14. The van der Waals surface area contributed by atoms with Gasteiger partial charge in [0.05, 0.1) is 6.33 Å². The summed E-state index contributed by atoms with van der Waals surface area (Å²) in [6.07, 6.45) is 5.77. The lowest BCUT2D eigenvalue weighted by Crippen LogP contribution is -2.11. The highest BCUT2D eigenvalue weighted by molar-refractivity contribution is 9.09. The Balaban J connectivity index is 2.15. The second-order valence-corrected chi connectivity index (χ2v) is 4.30. The topological polar surface area (TPSA) is 46.9 Å². The number of nitrogens with zero attached hydrogens (tertiary/aromatic N) is 2. The molecule has 17 heavy (non-hydrogen) atoms. The number of carbonyl (C=O) groups is 1. The molecular formula is C12H12BrN3O. The number of amides is 1. The number of carbonyl (C=O) groups excluding carboxylic acids is 1. The summed E-state index contributed by atoms with van der Waals surface area (Å²) in [5, 5.41) is 3.51. The van der Waals surface area contributed by atoms with Crippen molar-refractivity contribution in [3.05, 3.63) is 43.0 Å². The van der Waals surface area contributed by atoms with E-state index >= 15 is 0 Å². The summed E-state index contributed by atoms with van der Waals surface area (Å²) in [5.41, 5.74) is 1.77. The maximum Gasteiger partial charge on any atom is 0.225 e. The van der Waals surface area contributed by atoms with Crippen LogP contribution < -0.4 is 5.32 Å². The maximum absolute atomic E-state index is 11.5. The van der Waals surface area contributed by atoms with Crippen LogP contribution in [0.1, 0.15) is 6.42 Å². The third-order valence-corrected chi connectivity index (χ3v) is 2.65. The van der Waals surface area contributed by atoms with E-state index in [2.05, 4.69) is 26.2 Å². The number of hydrogen-bond donors (Lipinski definition) is 1. The van der Waals surface area contributed by atoms with Gasteiger partial charge in [0.15, 0.2) is 0 Å². The van der Waals surface area contributed by atoms with Gasteiger partial charge in [-0.1, -0.05) is 22.0 Å². The summed E-state index contributed by atoms with van der Waals surface area (Å²) >= 11 is 3.24. The molecule has 0 spiro atoms. The van der Waals surface area contributed by atoms with Gasteiger partial charge in [0.25, 0.3) is 0 Å². The fraction of sp³-hybridized carbons (Fsp3) is 0.167. The van der Waals surface area contributed by atoms with E-state index in [1.165, 1.54) is 0 Å². The monoisotopic (exact) mass is 293 g/mol. The second kappa shape index (κ2) is 5.63. The Bertz CT molecular complexity index is 496. The summed E-state index contributed by atoms with van der Waals surface area (Å²) in [6.45, 7) is 0. The van der Waals surface area contributed by atoms with Crippen molar-refractivity contribution in [2.24, 2.45) is 0 Å². The molecule has 0 atom stereocenters. The molecule has 2 rings (SSSR count). The molecule has 1 aromatic heterocycles. The summed E-state index contributed by atoms with van der Waals surface area (Å²) < 4.78 is 1.89. The van der Waals surface area contributed by atoms with Crippen LogP contribution in [0.4, 0.5) is 5.69 Å². The molecule has 0 aliphatic carbocycles. The Morgan fingerprint density at radius 2 is 2.35 bits per heavy atom. The van der Waals surface area contributed by atoms with Crippen LogP contribution >= 0.6 is 15.9 Å². The molecule has 1 amide bonds. The molecule has 0 unspecified atom stereocenters. The molecule has 1 N–H and O–H groups in total. The van der Waals surface area contributed by atoms with Crippen LogP contribution in [0.15, 0.2) is 43.0 Å². The molecule has 4 nitrogen and oxygen atoms in total. The molecule has 0 fully saturated rings. The highest BCUT2D eigenvalue weighted by atomic mass is 79.9. The van der Waals surface area contributed by atoms with Gasteiger partial charge in [-0.2, -0.15) is 0 Å². The first-order valence-corrected chi connectivity index (χ1v) is 6.36. The predicted molar refractivity (Wildman–Crippen MR) is 70.6 cm³/mol. The first-order valence-electron chi connectivity index (χ1n) is 5.24. The Morgan fingerprint density at radius 1 is 1.47 bits per heavy atom. The van der Waals surface area contributed by atoms with Gasteiger partial charge in [-0.3, -0.25) is 4.79 Å². The van der Waals surface area contributed by atoms with Gasteiger partial charge in [0.2, 0.25) is 5.91 Å². The van der Waals surface area contributed by atoms with Crippen molar-refractivity contribution in [3.8, 4) is 5.69 Å². The molecule has 0 aliphatic heterocycles. The molecule has 0 saturated heterocycles. The minimum Gasteiger partial charge on any atom is -0.326 e. The van der Waals surface area contributed by atoms with Crippen molar-refractivity contribution < 1.29 is 4.79 Å². The van der Waals surface area contributed by atoms with Gasteiger partial charge in [0.1, 0.15) is 0 Å². The highest BCUT2D eigenvalue weighted by Crippen LogP contribution is 2.14. The van der Waals surface area contributed by atoms with E-state index < -0.39 is 0 Å². The molecule has 1 aromatic carbocycles. The average molecular weight is 294 g/mol. The predicted octanol–water partition coefficient (Wildman–Crippen LogP) is 2.60. The second-order valence-electron chi connectivity index (χ2n) is 3.51. The summed E-state index contributed by atoms with van der Waals surface area (Å²) in [4.78, 5) is 15.4. The first kappa shape index (κ1) is 11.9. The number of rotatable bonds is 4. The molecule has 0 radical (unpaired) electrons. The van der Waals surface area contributed by atoms with E-state index in [4.69, 9.17) is 0 Å². The fourth-order valence-electron chi connectivity index (χ4n) is 1.47. The number of nitrogens with one attached hydrogen (secondary N) is 1. The molecule has 1 heterocycles. The lowest BCUT2D eigenvalue weighted by atomic mass is 10.2. The Hall–Kier alpha value is -1.62. The first-order chi connectivity index (χ1) is 8.29. The number of benzene rings is 1. The largest absolute Gasteiger partial charge is 0.326 e. The van der Waals surface area contributed by atoms with Gasteiger partial charge < -0.3 is 9.88 Å². The average Bonchev–Trinajstić information content (AvgIpc) is 2.83. The zero-order chi connectivity index (χ0) is 12.1. The minimum absolute atomic E-state index is 0.00431. The van der Waals surface area contributed by atoms with Crippen LogP contribution in [0.5, 0.6) is 0 Å². The van der Waals surface area contributed by atoms with Crippen LogP contribution in [-0.4, -0.2) is 20.8 Å². The molecule has 0 bridgehead atoms. The number of alkyl halides is 1. The van der Waals surface area contributed by atoms with Gasteiger partial charge >= 0.3 is 0 Å². The van der Waals surface area contributed by atoms with Gasteiger partial charge in [0, 0.05) is 35.5 Å². The standard InChI is InChI=1S/C12H12BrN3O/c13-5-4-12(17)15-10-2-1-3-11(8-10)16-7-6-14-9-16/h1-3,6-9H,4-5H2,(H,15,17). The number of halogens is 1. The van der Waals surface area contributed by atoms with E-state index in [0.717, 1.165) is 11.4 Å². The van der Waals surface area contributed by atoms with Crippen LogP contribution in [0.2, 0.25) is 0 Å². The Morgan fingerprint density at radius 3 is 3.06 bits per heavy atom. The van der Waals surface area contributed by atoms with Crippen LogP contribution in [-0.2, 0) is 4.79 Å². The molecule has 2 aromatic rings. The lowest BCUT2D eigenvalue weighted by molar-refractivity contribution is -0.115. The summed E-state index contributed by atoms with van der Waals surface area (Å²) in [6, 6.07) is 7.64. The fourth-order valence-corrected chi connectivity index (χ4v) is 1.83. The summed E-state index contributed by atoms with van der Waals surface area (Å²) in [5.74, 6) is 0.00431. The molecular weight excluding hydrogens is 282 g/mol. The van der Waals surface area contributed by atoms with Gasteiger partial charge in [-0.05, 0) is 18.2 Å². The number of hydrogen-bond acceptors (Lipinski definition) is 2. The highest BCUT2D eigenvalue weighted by Gasteiger charge is 2.02. The van der Waals surface area contributed by atoms with Crippen molar-refractivity contribution >= 4 is 27.5 Å². The van der Waals surface area contributed by atoms with E-state index in [1.807, 2.05) is 35.0 Å². The smallest absolute Gasteiger partial charge is 0.225 e. The summed E-state index contributed by atoms with van der Waals surface area (Å²) in [7, 11) is 0. The minimum atomic E-state index is 0.00431. The number of imidazole rings is 1. The normalized spacial score (nSPS) is 10.2. The van der Waals surface area contributed by atoms with Gasteiger partial charge in [-0.25, -0.2) is 4.98 Å². The van der Waals surface area contributed by atoms with Crippen LogP contribution in [0.3, 0.4) is 0 Å². The quantitative estimate of drug-likeness (QED) is 0.881. The number of anilines is 1.